The van der Waals surface area contributed by atoms with Crippen molar-refractivity contribution < 1.29 is 4.79 Å². The van der Waals surface area contributed by atoms with E-state index in [0.29, 0.717) is 11.8 Å². The molecule has 0 aromatic carbocycles. The summed E-state index contributed by atoms with van der Waals surface area (Å²) in [7, 11) is 0. The highest BCUT2D eigenvalue weighted by molar-refractivity contribution is 6.19. The van der Waals surface area contributed by atoms with Crippen LogP contribution in [-0.4, -0.2) is 18.3 Å². The van der Waals surface area contributed by atoms with Crippen molar-refractivity contribution in [2.75, 3.05) is 12.4 Å². The summed E-state index contributed by atoms with van der Waals surface area (Å²) in [5, 5.41) is 3.01. The van der Waals surface area contributed by atoms with E-state index in [2.05, 4.69) is 19.2 Å². The Balaban J connectivity index is 3.97. The van der Waals surface area contributed by atoms with Gasteiger partial charge in [0.15, 0.2) is 0 Å². The van der Waals surface area contributed by atoms with Crippen molar-refractivity contribution in [1.82, 2.24) is 5.32 Å². The van der Waals surface area contributed by atoms with E-state index in [-0.39, 0.29) is 5.91 Å². The Hall–Kier alpha value is -0.240. The topological polar surface area (TPSA) is 29.1 Å². The maximum absolute atomic E-state index is 11.8. The zero-order valence-electron chi connectivity index (χ0n) is 11.1. The van der Waals surface area contributed by atoms with Crippen molar-refractivity contribution in [2.45, 2.75) is 53.4 Å². The van der Waals surface area contributed by atoms with Crippen molar-refractivity contribution >= 4 is 17.5 Å². The molecule has 3 heteroatoms. The Morgan fingerprint density at radius 1 is 1.38 bits per heavy atom. The lowest BCUT2D eigenvalue weighted by molar-refractivity contribution is -0.128. The number of rotatable bonds is 8. The second-order valence-electron chi connectivity index (χ2n) is 5.14. The molecule has 0 rings (SSSR count). The molecule has 16 heavy (non-hydrogen) atoms. The average Bonchev–Trinajstić information content (AvgIpc) is 2.28. The molecule has 0 spiro atoms. The standard InChI is InChI=1S/C13H26ClNO/c1-5-7-8-11(6-2)9-15-12(16)13(3,4)10-14/h11H,5-10H2,1-4H3,(H,15,16). The van der Waals surface area contributed by atoms with Crippen LogP contribution < -0.4 is 5.32 Å². The third kappa shape index (κ3) is 5.74. The molecule has 0 bridgehead atoms. The van der Waals surface area contributed by atoms with Gasteiger partial charge in [0.2, 0.25) is 5.91 Å². The third-order valence-corrected chi connectivity index (χ3v) is 3.71. The first kappa shape index (κ1) is 15.8. The first-order chi connectivity index (χ1) is 7.47. The van der Waals surface area contributed by atoms with E-state index in [1.165, 1.54) is 19.3 Å². The van der Waals surface area contributed by atoms with E-state index in [1.54, 1.807) is 0 Å². The maximum Gasteiger partial charge on any atom is 0.226 e. The summed E-state index contributed by atoms with van der Waals surface area (Å²) in [4.78, 5) is 11.8. The van der Waals surface area contributed by atoms with Gasteiger partial charge in [-0.2, -0.15) is 0 Å². The highest BCUT2D eigenvalue weighted by Crippen LogP contribution is 2.18. The van der Waals surface area contributed by atoms with Crippen LogP contribution in [0.4, 0.5) is 0 Å². The highest BCUT2D eigenvalue weighted by atomic mass is 35.5. The fraction of sp³-hybridized carbons (Fsp3) is 0.923. The Labute approximate surface area is 105 Å². The van der Waals surface area contributed by atoms with Crippen LogP contribution in [0.5, 0.6) is 0 Å². The molecule has 0 aliphatic rings. The number of unbranched alkanes of at least 4 members (excludes halogenated alkanes) is 1. The number of carbonyl (C=O) groups excluding carboxylic acids is 1. The summed E-state index contributed by atoms with van der Waals surface area (Å²) < 4.78 is 0. The highest BCUT2D eigenvalue weighted by Gasteiger charge is 2.26. The molecule has 2 nitrogen and oxygen atoms in total. The third-order valence-electron chi connectivity index (χ3n) is 3.04. The van der Waals surface area contributed by atoms with Crippen LogP contribution in [0.2, 0.25) is 0 Å². The van der Waals surface area contributed by atoms with E-state index in [4.69, 9.17) is 11.6 Å². The molecule has 0 aliphatic carbocycles. The van der Waals surface area contributed by atoms with Gasteiger partial charge in [-0.25, -0.2) is 0 Å². The largest absolute Gasteiger partial charge is 0.355 e. The Bertz CT molecular complexity index is 204. The minimum absolute atomic E-state index is 0.0671. The van der Waals surface area contributed by atoms with Crippen molar-refractivity contribution in [2.24, 2.45) is 11.3 Å². The molecular weight excluding hydrogens is 222 g/mol. The van der Waals surface area contributed by atoms with Crippen LogP contribution in [-0.2, 0) is 4.79 Å². The first-order valence-corrected chi connectivity index (χ1v) is 6.85. The summed E-state index contributed by atoms with van der Waals surface area (Å²) in [5.74, 6) is 1.04. The normalized spacial score (nSPS) is 13.6. The number of carbonyl (C=O) groups is 1. The summed E-state index contributed by atoms with van der Waals surface area (Å²) in [6.45, 7) is 8.92. The van der Waals surface area contributed by atoms with Crippen molar-refractivity contribution in [3.05, 3.63) is 0 Å². The summed E-state index contributed by atoms with van der Waals surface area (Å²) in [6, 6.07) is 0. The second kappa shape index (κ2) is 7.94. The molecule has 0 aliphatic heterocycles. The zero-order valence-corrected chi connectivity index (χ0v) is 11.9. The van der Waals surface area contributed by atoms with Crippen LogP contribution in [0, 0.1) is 11.3 Å². The van der Waals surface area contributed by atoms with E-state index in [9.17, 15) is 4.79 Å². The van der Waals surface area contributed by atoms with Crippen LogP contribution in [0.15, 0.2) is 0 Å². The molecule has 0 radical (unpaired) electrons. The van der Waals surface area contributed by atoms with Crippen molar-refractivity contribution in [3.8, 4) is 0 Å². The van der Waals surface area contributed by atoms with Gasteiger partial charge in [-0.15, -0.1) is 11.6 Å². The van der Waals surface area contributed by atoms with Gasteiger partial charge in [-0.3, -0.25) is 4.79 Å². The van der Waals surface area contributed by atoms with E-state index >= 15 is 0 Å². The number of nitrogens with one attached hydrogen (secondary N) is 1. The number of halogens is 1. The van der Waals surface area contributed by atoms with Crippen LogP contribution >= 0.6 is 11.6 Å². The molecule has 1 unspecified atom stereocenters. The predicted octanol–water partition coefficient (Wildman–Crippen LogP) is 3.58. The number of alkyl halides is 1. The smallest absolute Gasteiger partial charge is 0.226 e. The number of amides is 1. The SMILES string of the molecule is CCCCC(CC)CNC(=O)C(C)(C)CCl. The van der Waals surface area contributed by atoms with E-state index in [1.807, 2.05) is 13.8 Å². The van der Waals surface area contributed by atoms with E-state index in [0.717, 1.165) is 13.0 Å². The van der Waals surface area contributed by atoms with Gasteiger partial charge < -0.3 is 5.32 Å². The van der Waals surface area contributed by atoms with Gasteiger partial charge in [0.25, 0.3) is 0 Å². The molecule has 0 saturated carbocycles. The molecule has 0 aromatic rings. The average molecular weight is 248 g/mol. The summed E-state index contributed by atoms with van der Waals surface area (Å²) in [5.41, 5.74) is -0.454. The van der Waals surface area contributed by atoms with Gasteiger partial charge in [-0.1, -0.05) is 33.1 Å². The van der Waals surface area contributed by atoms with Gasteiger partial charge >= 0.3 is 0 Å². The lowest BCUT2D eigenvalue weighted by Crippen LogP contribution is -2.40. The maximum atomic E-state index is 11.8. The van der Waals surface area contributed by atoms with Gasteiger partial charge in [-0.05, 0) is 26.2 Å². The molecule has 96 valence electrons. The molecular formula is C13H26ClNO. The second-order valence-corrected chi connectivity index (χ2v) is 5.41. The quantitative estimate of drug-likeness (QED) is 0.653. The lowest BCUT2D eigenvalue weighted by atomic mass is 9.94. The zero-order chi connectivity index (χ0) is 12.6. The Morgan fingerprint density at radius 3 is 2.44 bits per heavy atom. The molecule has 0 fully saturated rings. The van der Waals surface area contributed by atoms with Gasteiger partial charge in [0.05, 0.1) is 5.41 Å². The van der Waals surface area contributed by atoms with Crippen LogP contribution in [0.1, 0.15) is 53.4 Å². The molecule has 1 atom stereocenters. The first-order valence-electron chi connectivity index (χ1n) is 6.32. The molecule has 0 aromatic heterocycles. The minimum Gasteiger partial charge on any atom is -0.355 e. The molecule has 0 heterocycles. The van der Waals surface area contributed by atoms with Crippen molar-refractivity contribution in [1.29, 1.82) is 0 Å². The van der Waals surface area contributed by atoms with Crippen LogP contribution in [0.25, 0.3) is 0 Å². The minimum atomic E-state index is -0.454. The monoisotopic (exact) mass is 247 g/mol. The molecule has 1 N–H and O–H groups in total. The molecule has 0 saturated heterocycles. The van der Waals surface area contributed by atoms with Crippen LogP contribution in [0.3, 0.4) is 0 Å². The molecule has 1 amide bonds. The fourth-order valence-corrected chi connectivity index (χ4v) is 1.60. The summed E-state index contributed by atoms with van der Waals surface area (Å²) in [6.07, 6.45) is 4.79. The van der Waals surface area contributed by atoms with Crippen molar-refractivity contribution in [3.63, 3.8) is 0 Å². The Morgan fingerprint density at radius 2 is 2.00 bits per heavy atom. The van der Waals surface area contributed by atoms with Gasteiger partial charge in [0, 0.05) is 12.4 Å². The predicted molar refractivity (Wildman–Crippen MR) is 70.8 cm³/mol. The number of hydrogen-bond donors (Lipinski definition) is 1. The Kier molecular flexibility index (Phi) is 7.82. The summed E-state index contributed by atoms with van der Waals surface area (Å²) >= 11 is 5.76. The van der Waals surface area contributed by atoms with Gasteiger partial charge in [0.1, 0.15) is 0 Å². The fourth-order valence-electron chi connectivity index (χ4n) is 1.48. The lowest BCUT2D eigenvalue weighted by Gasteiger charge is -2.22. The number of hydrogen-bond acceptors (Lipinski definition) is 1. The van der Waals surface area contributed by atoms with E-state index < -0.39 is 5.41 Å².